The summed E-state index contributed by atoms with van der Waals surface area (Å²) in [6.07, 6.45) is 0.0320. The van der Waals surface area contributed by atoms with Crippen LogP contribution < -0.4 is 5.32 Å². The van der Waals surface area contributed by atoms with Gasteiger partial charge in [-0.2, -0.15) is 11.8 Å². The zero-order valence-electron chi connectivity index (χ0n) is 12.2. The third kappa shape index (κ3) is 5.69. The molecule has 0 bridgehead atoms. The summed E-state index contributed by atoms with van der Waals surface area (Å²) in [5.41, 5.74) is 0.803. The van der Waals surface area contributed by atoms with Gasteiger partial charge in [0.2, 0.25) is 5.91 Å². The molecule has 1 aromatic heterocycles. The smallest absolute Gasteiger partial charge is 0.304 e. The third-order valence-electron chi connectivity index (χ3n) is 3.03. The summed E-state index contributed by atoms with van der Waals surface area (Å²) in [6, 6.07) is 9.51. The van der Waals surface area contributed by atoms with Crippen LogP contribution in [0.15, 0.2) is 41.8 Å². The van der Waals surface area contributed by atoms with E-state index in [9.17, 15) is 14.0 Å². The number of hydrogen-bond donors (Lipinski definition) is 2. The fourth-order valence-corrected chi connectivity index (χ4v) is 3.49. The molecule has 0 radical (unpaired) electrons. The molecule has 1 heterocycles. The monoisotopic (exact) mass is 353 g/mol. The molecule has 0 aliphatic rings. The predicted molar refractivity (Wildman–Crippen MR) is 90.3 cm³/mol. The minimum absolute atomic E-state index is 0.0320. The second-order valence-electron chi connectivity index (χ2n) is 4.76. The molecule has 0 unspecified atom stereocenters. The van der Waals surface area contributed by atoms with E-state index in [2.05, 4.69) is 5.32 Å². The lowest BCUT2D eigenvalue weighted by atomic mass is 10.1. The molecule has 1 aromatic carbocycles. The van der Waals surface area contributed by atoms with E-state index < -0.39 is 5.97 Å². The first kappa shape index (κ1) is 17.5. The summed E-state index contributed by atoms with van der Waals surface area (Å²) in [7, 11) is 0. The Morgan fingerprint density at radius 1 is 1.26 bits per heavy atom. The molecule has 2 N–H and O–H groups in total. The van der Waals surface area contributed by atoms with E-state index in [-0.39, 0.29) is 29.9 Å². The van der Waals surface area contributed by atoms with Crippen molar-refractivity contribution < 1.29 is 19.1 Å². The first-order valence-electron chi connectivity index (χ1n) is 6.94. The number of thioether (sulfide) groups is 1. The van der Waals surface area contributed by atoms with Crippen LogP contribution in [0.25, 0.3) is 0 Å². The van der Waals surface area contributed by atoms with Crippen LogP contribution >= 0.6 is 23.1 Å². The van der Waals surface area contributed by atoms with Gasteiger partial charge < -0.3 is 10.4 Å². The normalized spacial score (nSPS) is 11.9. The van der Waals surface area contributed by atoms with Crippen LogP contribution in [0.2, 0.25) is 0 Å². The van der Waals surface area contributed by atoms with Crippen LogP contribution in [0.3, 0.4) is 0 Å². The summed E-state index contributed by atoms with van der Waals surface area (Å²) >= 11 is 2.79. The van der Waals surface area contributed by atoms with Gasteiger partial charge >= 0.3 is 5.97 Å². The highest BCUT2D eigenvalue weighted by atomic mass is 32.2. The van der Waals surface area contributed by atoms with E-state index in [1.807, 2.05) is 17.5 Å². The quantitative estimate of drug-likeness (QED) is 0.715. The maximum absolute atomic E-state index is 13.1. The molecular weight excluding hydrogens is 337 g/mol. The Morgan fingerprint density at radius 3 is 2.61 bits per heavy atom. The molecule has 2 aromatic rings. The van der Waals surface area contributed by atoms with Gasteiger partial charge in [-0.3, -0.25) is 9.59 Å². The minimum atomic E-state index is -0.874. The molecule has 122 valence electrons. The van der Waals surface area contributed by atoms with Gasteiger partial charge in [0.05, 0.1) is 18.2 Å². The SMILES string of the molecule is O=C(O)CCSCC(=O)N[C@@H](c1ccc(F)cc1)c1cccs1. The summed E-state index contributed by atoms with van der Waals surface area (Å²) in [6.45, 7) is 0. The van der Waals surface area contributed by atoms with E-state index in [1.165, 1.54) is 35.2 Å². The molecule has 23 heavy (non-hydrogen) atoms. The number of benzene rings is 1. The lowest BCUT2D eigenvalue weighted by Gasteiger charge is -2.18. The van der Waals surface area contributed by atoms with Gasteiger partial charge in [0.1, 0.15) is 5.82 Å². The second-order valence-corrected chi connectivity index (χ2v) is 6.85. The summed E-state index contributed by atoms with van der Waals surface area (Å²) in [5.74, 6) is -0.794. The predicted octanol–water partition coefficient (Wildman–Crippen LogP) is 3.30. The first-order valence-corrected chi connectivity index (χ1v) is 8.97. The molecule has 2 rings (SSSR count). The zero-order valence-corrected chi connectivity index (χ0v) is 13.8. The molecule has 0 aliphatic heterocycles. The molecule has 1 amide bonds. The average molecular weight is 353 g/mol. The van der Waals surface area contributed by atoms with Gasteiger partial charge in [0.15, 0.2) is 0 Å². The molecular formula is C16H16FNO3S2. The Hall–Kier alpha value is -1.86. The highest BCUT2D eigenvalue weighted by molar-refractivity contribution is 7.99. The molecule has 1 atom stereocenters. The first-order chi connectivity index (χ1) is 11.1. The van der Waals surface area contributed by atoms with Crippen molar-refractivity contribution in [3.05, 3.63) is 58.0 Å². The Labute approximate surface area is 141 Å². The number of carbonyl (C=O) groups is 2. The van der Waals surface area contributed by atoms with E-state index in [4.69, 9.17) is 5.11 Å². The number of carboxylic acids is 1. The standard InChI is InChI=1S/C16H16FNO3S2/c17-12-5-3-11(4-6-12)16(13-2-1-8-23-13)18-14(19)10-22-9-7-15(20)21/h1-6,8,16H,7,9-10H2,(H,18,19)(H,20,21)/t16-/m0/s1. The third-order valence-corrected chi connectivity index (χ3v) is 4.93. The topological polar surface area (TPSA) is 66.4 Å². The number of aliphatic carboxylic acids is 1. The fraction of sp³-hybridized carbons (Fsp3) is 0.250. The van der Waals surface area contributed by atoms with Crippen molar-refractivity contribution in [1.29, 1.82) is 0 Å². The molecule has 0 fully saturated rings. The fourth-order valence-electron chi connectivity index (χ4n) is 1.96. The van der Waals surface area contributed by atoms with Gasteiger partial charge in [-0.1, -0.05) is 18.2 Å². The van der Waals surface area contributed by atoms with Gasteiger partial charge in [0, 0.05) is 10.6 Å². The van der Waals surface area contributed by atoms with Gasteiger partial charge in [-0.25, -0.2) is 4.39 Å². The lowest BCUT2D eigenvalue weighted by Crippen LogP contribution is -2.30. The largest absolute Gasteiger partial charge is 0.481 e. The van der Waals surface area contributed by atoms with Crippen molar-refractivity contribution >= 4 is 35.0 Å². The van der Waals surface area contributed by atoms with Crippen molar-refractivity contribution in [2.45, 2.75) is 12.5 Å². The van der Waals surface area contributed by atoms with Crippen LogP contribution in [-0.4, -0.2) is 28.5 Å². The highest BCUT2D eigenvalue weighted by Crippen LogP contribution is 2.26. The number of hydrogen-bond acceptors (Lipinski definition) is 4. The average Bonchev–Trinajstić information content (AvgIpc) is 3.04. The van der Waals surface area contributed by atoms with Crippen molar-refractivity contribution in [1.82, 2.24) is 5.32 Å². The highest BCUT2D eigenvalue weighted by Gasteiger charge is 2.18. The van der Waals surface area contributed by atoms with Crippen molar-refractivity contribution in [3.63, 3.8) is 0 Å². The summed E-state index contributed by atoms with van der Waals surface area (Å²) in [4.78, 5) is 23.5. The minimum Gasteiger partial charge on any atom is -0.481 e. The van der Waals surface area contributed by atoms with E-state index in [0.717, 1.165) is 10.4 Å². The Morgan fingerprint density at radius 2 is 2.00 bits per heavy atom. The Balaban J connectivity index is 2.00. The lowest BCUT2D eigenvalue weighted by molar-refractivity contribution is -0.136. The van der Waals surface area contributed by atoms with Crippen LogP contribution in [0.4, 0.5) is 4.39 Å². The maximum Gasteiger partial charge on any atom is 0.304 e. The van der Waals surface area contributed by atoms with Crippen LogP contribution in [0.1, 0.15) is 22.9 Å². The second kappa shape index (κ2) is 8.69. The van der Waals surface area contributed by atoms with Crippen molar-refractivity contribution in [2.75, 3.05) is 11.5 Å². The van der Waals surface area contributed by atoms with Crippen molar-refractivity contribution in [2.24, 2.45) is 0 Å². The molecule has 7 heteroatoms. The summed E-state index contributed by atoms with van der Waals surface area (Å²) in [5, 5.41) is 13.4. The van der Waals surface area contributed by atoms with E-state index in [1.54, 1.807) is 12.1 Å². The number of rotatable bonds is 8. The van der Waals surface area contributed by atoms with E-state index in [0.29, 0.717) is 5.75 Å². The molecule has 4 nitrogen and oxygen atoms in total. The van der Waals surface area contributed by atoms with Crippen LogP contribution in [0.5, 0.6) is 0 Å². The number of thiophene rings is 1. The van der Waals surface area contributed by atoms with Gasteiger partial charge in [0.25, 0.3) is 0 Å². The van der Waals surface area contributed by atoms with Gasteiger partial charge in [-0.05, 0) is 29.1 Å². The number of nitrogens with one attached hydrogen (secondary N) is 1. The van der Waals surface area contributed by atoms with Crippen LogP contribution in [0, 0.1) is 5.82 Å². The number of carboxylic acid groups (broad SMARTS) is 1. The van der Waals surface area contributed by atoms with Crippen LogP contribution in [-0.2, 0) is 9.59 Å². The number of amides is 1. The Kier molecular flexibility index (Phi) is 6.61. The number of halogens is 1. The molecule has 0 saturated heterocycles. The van der Waals surface area contributed by atoms with E-state index >= 15 is 0 Å². The molecule has 0 spiro atoms. The number of carbonyl (C=O) groups excluding carboxylic acids is 1. The zero-order chi connectivity index (χ0) is 16.7. The molecule has 0 saturated carbocycles. The maximum atomic E-state index is 13.1. The molecule has 0 aliphatic carbocycles. The van der Waals surface area contributed by atoms with Crippen molar-refractivity contribution in [3.8, 4) is 0 Å². The van der Waals surface area contributed by atoms with Gasteiger partial charge in [-0.15, -0.1) is 11.3 Å². The Bertz CT molecular complexity index is 644. The summed E-state index contributed by atoms with van der Waals surface area (Å²) < 4.78 is 13.1.